The minimum absolute atomic E-state index is 0.0527. The van der Waals surface area contributed by atoms with Crippen molar-refractivity contribution in [2.75, 3.05) is 5.32 Å². The molecule has 12 heteroatoms. The number of carbonyl (C=O) groups excluding carboxylic acids is 1. The largest absolute Gasteiger partial charge is 0.484 e. The van der Waals surface area contributed by atoms with E-state index in [2.05, 4.69) is 10.4 Å². The summed E-state index contributed by atoms with van der Waals surface area (Å²) >= 11 is 5.95. The van der Waals surface area contributed by atoms with Crippen LogP contribution in [-0.4, -0.2) is 37.9 Å². The lowest BCUT2D eigenvalue weighted by Gasteiger charge is -2.18. The van der Waals surface area contributed by atoms with E-state index in [0.29, 0.717) is 0 Å². The highest BCUT2D eigenvalue weighted by Gasteiger charge is 2.27. The van der Waals surface area contributed by atoms with Gasteiger partial charge in [-0.25, -0.2) is 18.0 Å². The number of para-hydroxylation sites is 1. The summed E-state index contributed by atoms with van der Waals surface area (Å²) in [5.74, 6) is -1.91. The van der Waals surface area contributed by atoms with Crippen molar-refractivity contribution in [2.24, 2.45) is 7.05 Å². The third-order valence-electron chi connectivity index (χ3n) is 4.85. The van der Waals surface area contributed by atoms with Crippen LogP contribution in [0.25, 0.3) is 5.69 Å². The predicted molar refractivity (Wildman–Crippen MR) is 120 cm³/mol. The average Bonchev–Trinajstić information content (AvgIpc) is 3.05. The average molecular weight is 499 g/mol. The first-order valence-electron chi connectivity index (χ1n) is 10.0. The molecule has 1 unspecified atom stereocenters. The quantitative estimate of drug-likeness (QED) is 0.515. The van der Waals surface area contributed by atoms with Gasteiger partial charge < -0.3 is 15.2 Å². The number of alkyl halides is 2. The Morgan fingerprint density at radius 1 is 1.26 bits per heavy atom. The lowest BCUT2D eigenvalue weighted by molar-refractivity contribution is 0.0221. The van der Waals surface area contributed by atoms with Crippen LogP contribution < -0.4 is 15.7 Å². The molecule has 2 aromatic carbocycles. The van der Waals surface area contributed by atoms with Crippen molar-refractivity contribution in [2.45, 2.75) is 38.9 Å². The number of halogens is 4. The number of nitrogens with zero attached hydrogens (tertiary/aromatic N) is 3. The molecule has 0 aliphatic heterocycles. The van der Waals surface area contributed by atoms with Crippen LogP contribution in [0.3, 0.4) is 0 Å². The molecule has 8 nitrogen and oxygen atoms in total. The van der Waals surface area contributed by atoms with E-state index in [1.807, 2.05) is 0 Å². The number of carbonyl (C=O) groups is 1. The van der Waals surface area contributed by atoms with E-state index in [0.717, 1.165) is 22.2 Å². The summed E-state index contributed by atoms with van der Waals surface area (Å²) in [7, 11) is 1.41. The minimum atomic E-state index is -2.88. The van der Waals surface area contributed by atoms with Crippen LogP contribution in [0.4, 0.5) is 18.9 Å². The third kappa shape index (κ3) is 5.10. The standard InChI is InChI=1S/C22H22ClF3N4O4/c1-11(18(25)26)34-16-10-12(30-21(32)29(4)20(28-30)22(2,3)33)8-9-13(16)19(31)27-17-14(23)6-5-7-15(17)24/h5-11,18,33H,1-4H3,(H,27,31). The molecule has 0 radical (unpaired) electrons. The normalized spacial score (nSPS) is 12.6. The lowest BCUT2D eigenvalue weighted by atomic mass is 10.1. The first-order valence-corrected chi connectivity index (χ1v) is 10.4. The Morgan fingerprint density at radius 2 is 1.94 bits per heavy atom. The highest BCUT2D eigenvalue weighted by atomic mass is 35.5. The van der Waals surface area contributed by atoms with E-state index in [4.69, 9.17) is 16.3 Å². The molecular weight excluding hydrogens is 477 g/mol. The second-order valence-corrected chi connectivity index (χ2v) is 8.43. The number of hydrogen-bond acceptors (Lipinski definition) is 5. The van der Waals surface area contributed by atoms with Crippen molar-refractivity contribution in [3.05, 3.63) is 69.1 Å². The summed E-state index contributed by atoms with van der Waals surface area (Å²) in [5.41, 5.74) is -2.47. The summed E-state index contributed by atoms with van der Waals surface area (Å²) in [6, 6.07) is 7.55. The molecule has 0 aliphatic carbocycles. The summed E-state index contributed by atoms with van der Waals surface area (Å²) in [4.78, 5) is 25.5. The molecule has 0 spiro atoms. The Hall–Kier alpha value is -3.31. The fourth-order valence-corrected chi connectivity index (χ4v) is 3.33. The topological polar surface area (TPSA) is 98.4 Å². The molecule has 0 aliphatic rings. The molecule has 3 rings (SSSR count). The molecule has 3 aromatic rings. The van der Waals surface area contributed by atoms with Crippen molar-refractivity contribution in [1.29, 1.82) is 0 Å². The molecule has 182 valence electrons. The molecule has 1 atom stereocenters. The van der Waals surface area contributed by atoms with Gasteiger partial charge in [-0.05, 0) is 45.0 Å². The second-order valence-electron chi connectivity index (χ2n) is 8.02. The van der Waals surface area contributed by atoms with Gasteiger partial charge in [-0.1, -0.05) is 17.7 Å². The number of aliphatic hydroxyl groups is 1. The number of rotatable bonds is 7. The van der Waals surface area contributed by atoms with E-state index in [1.54, 1.807) is 0 Å². The minimum Gasteiger partial charge on any atom is -0.484 e. The maximum Gasteiger partial charge on any atom is 0.350 e. The van der Waals surface area contributed by atoms with Gasteiger partial charge in [-0.2, -0.15) is 4.68 Å². The van der Waals surface area contributed by atoms with Gasteiger partial charge in [0.15, 0.2) is 11.9 Å². The third-order valence-corrected chi connectivity index (χ3v) is 5.17. The van der Waals surface area contributed by atoms with Crippen LogP contribution in [0.2, 0.25) is 5.02 Å². The zero-order chi connectivity index (χ0) is 25.4. The van der Waals surface area contributed by atoms with Gasteiger partial charge >= 0.3 is 5.69 Å². The van der Waals surface area contributed by atoms with Gasteiger partial charge in [-0.3, -0.25) is 9.36 Å². The van der Waals surface area contributed by atoms with Crippen molar-refractivity contribution >= 4 is 23.2 Å². The van der Waals surface area contributed by atoms with Crippen LogP contribution >= 0.6 is 11.6 Å². The monoisotopic (exact) mass is 498 g/mol. The number of aromatic nitrogens is 3. The van der Waals surface area contributed by atoms with Gasteiger partial charge in [0.2, 0.25) is 0 Å². The Balaban J connectivity index is 2.09. The van der Waals surface area contributed by atoms with Crippen molar-refractivity contribution in [3.63, 3.8) is 0 Å². The summed E-state index contributed by atoms with van der Waals surface area (Å²) < 4.78 is 47.8. The Bertz CT molecular complexity index is 1260. The molecule has 0 bridgehead atoms. The summed E-state index contributed by atoms with van der Waals surface area (Å²) in [6.45, 7) is 3.99. The van der Waals surface area contributed by atoms with E-state index in [9.17, 15) is 27.9 Å². The number of nitrogens with one attached hydrogen (secondary N) is 1. The number of ether oxygens (including phenoxy) is 1. The van der Waals surface area contributed by atoms with Crippen molar-refractivity contribution in [1.82, 2.24) is 14.3 Å². The Labute approximate surface area is 197 Å². The maximum atomic E-state index is 14.1. The number of benzene rings is 2. The Morgan fingerprint density at radius 3 is 2.50 bits per heavy atom. The number of hydrogen-bond donors (Lipinski definition) is 2. The zero-order valence-electron chi connectivity index (χ0n) is 18.6. The van der Waals surface area contributed by atoms with Gasteiger partial charge in [-0.15, -0.1) is 5.10 Å². The molecule has 2 N–H and O–H groups in total. The van der Waals surface area contributed by atoms with E-state index in [-0.39, 0.29) is 33.5 Å². The first kappa shape index (κ1) is 25.3. The number of anilines is 1. The lowest BCUT2D eigenvalue weighted by Crippen LogP contribution is -2.26. The molecule has 1 amide bonds. The molecule has 1 aromatic heterocycles. The molecule has 0 saturated heterocycles. The van der Waals surface area contributed by atoms with Crippen LogP contribution in [-0.2, 0) is 12.6 Å². The number of amides is 1. The van der Waals surface area contributed by atoms with Crippen LogP contribution in [0.1, 0.15) is 37.0 Å². The van der Waals surface area contributed by atoms with E-state index < -0.39 is 35.5 Å². The predicted octanol–water partition coefficient (Wildman–Crippen LogP) is 3.88. The highest BCUT2D eigenvalue weighted by Crippen LogP contribution is 2.29. The molecule has 1 heterocycles. The van der Waals surface area contributed by atoms with Crippen molar-refractivity contribution < 1.29 is 27.8 Å². The second kappa shape index (κ2) is 9.51. The Kier molecular flexibility index (Phi) is 7.08. The van der Waals surface area contributed by atoms with Gasteiger partial charge in [0.05, 0.1) is 22.0 Å². The van der Waals surface area contributed by atoms with Crippen LogP contribution in [0.5, 0.6) is 5.75 Å². The summed E-state index contributed by atoms with van der Waals surface area (Å²) in [6.07, 6.45) is -4.48. The van der Waals surface area contributed by atoms with E-state index in [1.165, 1.54) is 51.2 Å². The van der Waals surface area contributed by atoms with E-state index >= 15 is 0 Å². The molecule has 0 fully saturated rings. The fourth-order valence-electron chi connectivity index (χ4n) is 3.12. The van der Waals surface area contributed by atoms with Gasteiger partial charge in [0.25, 0.3) is 12.3 Å². The molecular formula is C22H22ClF3N4O4. The summed E-state index contributed by atoms with van der Waals surface area (Å²) in [5, 5.41) is 16.6. The zero-order valence-corrected chi connectivity index (χ0v) is 19.4. The first-order chi connectivity index (χ1) is 15.8. The van der Waals surface area contributed by atoms with Crippen LogP contribution in [0, 0.1) is 5.82 Å². The van der Waals surface area contributed by atoms with Crippen molar-refractivity contribution in [3.8, 4) is 11.4 Å². The smallest absolute Gasteiger partial charge is 0.350 e. The molecule has 34 heavy (non-hydrogen) atoms. The molecule has 0 saturated carbocycles. The highest BCUT2D eigenvalue weighted by molar-refractivity contribution is 6.34. The SMILES string of the molecule is CC(Oc1cc(-n2nc(C(C)(C)O)n(C)c2=O)ccc1C(=O)Nc1c(F)cccc1Cl)C(F)F. The van der Waals surface area contributed by atoms with Gasteiger partial charge in [0, 0.05) is 13.1 Å². The fraction of sp³-hybridized carbons (Fsp3) is 0.318. The maximum absolute atomic E-state index is 14.1. The van der Waals surface area contributed by atoms with Gasteiger partial charge in [0.1, 0.15) is 17.2 Å². The van der Waals surface area contributed by atoms with Crippen LogP contribution in [0.15, 0.2) is 41.2 Å².